The molecular formula is C11H24NO2P. The number of carbonyl (C=O) groups is 1. The van der Waals surface area contributed by atoms with E-state index in [1.807, 2.05) is 48.3 Å². The van der Waals surface area contributed by atoms with E-state index in [0.717, 1.165) is 0 Å². The molecule has 0 spiro atoms. The van der Waals surface area contributed by atoms with Gasteiger partial charge >= 0.3 is 0 Å². The van der Waals surface area contributed by atoms with Crippen LogP contribution in [0.25, 0.3) is 0 Å². The van der Waals surface area contributed by atoms with Crippen LogP contribution in [-0.2, 0) is 9.32 Å². The Kier molecular flexibility index (Phi) is 6.38. The molecule has 0 aromatic carbocycles. The number of amides is 1. The highest BCUT2D eigenvalue weighted by Crippen LogP contribution is 2.40. The molecule has 15 heavy (non-hydrogen) atoms. The molecule has 0 saturated carbocycles. The van der Waals surface area contributed by atoms with Crippen LogP contribution in [0.15, 0.2) is 0 Å². The zero-order valence-corrected chi connectivity index (χ0v) is 11.8. The average Bonchev–Trinajstić information content (AvgIpc) is 2.13. The lowest BCUT2D eigenvalue weighted by Gasteiger charge is -2.28. The number of rotatable bonds is 5. The van der Waals surface area contributed by atoms with Crippen LogP contribution < -0.4 is 0 Å². The van der Waals surface area contributed by atoms with Crippen LogP contribution in [0.5, 0.6) is 0 Å². The van der Waals surface area contributed by atoms with E-state index in [4.69, 9.17) is 4.52 Å². The van der Waals surface area contributed by atoms with Gasteiger partial charge in [-0.3, -0.25) is 4.79 Å². The molecule has 0 rings (SSSR count). The smallest absolute Gasteiger partial charge is 0.231 e. The summed E-state index contributed by atoms with van der Waals surface area (Å²) in [5.74, 6) is 0.180. The zero-order chi connectivity index (χ0) is 12.2. The highest BCUT2D eigenvalue weighted by Gasteiger charge is 2.25. The molecule has 2 unspecified atom stereocenters. The Bertz CT molecular complexity index is 207. The molecule has 0 aromatic heterocycles. The number of hydrogen-bond acceptors (Lipinski definition) is 2. The zero-order valence-electron chi connectivity index (χ0n) is 10.9. The van der Waals surface area contributed by atoms with Gasteiger partial charge in [0.25, 0.3) is 0 Å². The van der Waals surface area contributed by atoms with Gasteiger partial charge in [-0.15, -0.1) is 0 Å². The Hall–Kier alpha value is -0.140. The van der Waals surface area contributed by atoms with Gasteiger partial charge in [0.1, 0.15) is 0 Å². The first-order valence-corrected chi connectivity index (χ1v) is 7.21. The Morgan fingerprint density at radius 3 is 2.00 bits per heavy atom. The molecule has 0 aliphatic carbocycles. The first kappa shape index (κ1) is 14.9. The van der Waals surface area contributed by atoms with E-state index in [1.165, 1.54) is 0 Å². The van der Waals surface area contributed by atoms with E-state index in [2.05, 4.69) is 0 Å². The predicted octanol–water partition coefficient (Wildman–Crippen LogP) is 2.69. The second kappa shape index (κ2) is 6.44. The van der Waals surface area contributed by atoms with Gasteiger partial charge in [-0.25, -0.2) is 0 Å². The molecule has 0 aliphatic rings. The van der Waals surface area contributed by atoms with Gasteiger partial charge in [0.05, 0.1) is 11.8 Å². The summed E-state index contributed by atoms with van der Waals surface area (Å²) in [7, 11) is 1.18. The molecule has 2 atom stereocenters. The minimum atomic E-state index is -0.669. The average molecular weight is 233 g/mol. The lowest BCUT2D eigenvalue weighted by atomic mass is 10.3. The van der Waals surface area contributed by atoms with E-state index in [0.29, 0.717) is 0 Å². The van der Waals surface area contributed by atoms with Crippen molar-refractivity contribution in [2.45, 2.75) is 52.4 Å². The Labute approximate surface area is 95.0 Å². The van der Waals surface area contributed by atoms with Crippen molar-refractivity contribution < 1.29 is 9.32 Å². The summed E-state index contributed by atoms with van der Waals surface area (Å²) >= 11 is 0. The van der Waals surface area contributed by atoms with Crippen molar-refractivity contribution in [2.24, 2.45) is 0 Å². The van der Waals surface area contributed by atoms with Crippen LogP contribution >= 0.6 is 8.15 Å². The van der Waals surface area contributed by atoms with Crippen molar-refractivity contribution in [2.75, 3.05) is 13.7 Å². The molecule has 0 fully saturated rings. The van der Waals surface area contributed by atoms with Gasteiger partial charge in [-0.2, -0.15) is 0 Å². The number of nitrogens with zero attached hydrogens (tertiary/aromatic N) is 1. The maximum absolute atomic E-state index is 12.0. The van der Waals surface area contributed by atoms with E-state index in [1.54, 1.807) is 4.90 Å². The Morgan fingerprint density at radius 1 is 1.20 bits per heavy atom. The van der Waals surface area contributed by atoms with Gasteiger partial charge in [0, 0.05) is 21.2 Å². The lowest BCUT2D eigenvalue weighted by Crippen LogP contribution is -2.38. The SMILES string of the molecule is CC(C)OP(C)C(C)C(=O)N(C)C(C)C. The van der Waals surface area contributed by atoms with Crippen LogP contribution in [0.1, 0.15) is 34.6 Å². The molecule has 0 saturated heterocycles. The molecule has 0 N–H and O–H groups in total. The summed E-state index contributed by atoms with van der Waals surface area (Å²) in [6.45, 7) is 12.0. The van der Waals surface area contributed by atoms with Crippen molar-refractivity contribution >= 4 is 14.1 Å². The Morgan fingerprint density at radius 2 is 1.67 bits per heavy atom. The van der Waals surface area contributed by atoms with Crippen LogP contribution in [0.4, 0.5) is 0 Å². The second-order valence-electron chi connectivity index (χ2n) is 4.42. The fourth-order valence-corrected chi connectivity index (χ4v) is 2.47. The topological polar surface area (TPSA) is 29.5 Å². The van der Waals surface area contributed by atoms with E-state index >= 15 is 0 Å². The van der Waals surface area contributed by atoms with Gasteiger partial charge in [0.15, 0.2) is 0 Å². The Balaban J connectivity index is 4.30. The minimum absolute atomic E-state index is 0.0187. The standard InChI is InChI=1S/C11H24NO2P/c1-8(2)12(6)11(13)10(5)15(7)14-9(3)4/h8-10H,1-7H3. The first-order valence-electron chi connectivity index (χ1n) is 5.43. The summed E-state index contributed by atoms with van der Waals surface area (Å²) in [5.41, 5.74) is -0.0187. The second-order valence-corrected chi connectivity index (χ2v) is 6.50. The van der Waals surface area contributed by atoms with Crippen LogP contribution in [0, 0.1) is 0 Å². The predicted molar refractivity (Wildman–Crippen MR) is 66.4 cm³/mol. The van der Waals surface area contributed by atoms with Crippen molar-refractivity contribution in [3.8, 4) is 0 Å². The van der Waals surface area contributed by atoms with Gasteiger partial charge in [-0.05, 0) is 41.3 Å². The van der Waals surface area contributed by atoms with Crippen molar-refractivity contribution in [3.63, 3.8) is 0 Å². The van der Waals surface area contributed by atoms with Gasteiger partial charge in [0.2, 0.25) is 5.91 Å². The summed E-state index contributed by atoms with van der Waals surface area (Å²) in [4.78, 5) is 13.8. The minimum Gasteiger partial charge on any atom is -0.356 e. The molecule has 0 heterocycles. The fourth-order valence-electron chi connectivity index (χ4n) is 1.13. The van der Waals surface area contributed by atoms with Crippen LogP contribution in [-0.4, -0.2) is 42.3 Å². The highest BCUT2D eigenvalue weighted by molar-refractivity contribution is 7.53. The molecule has 3 nitrogen and oxygen atoms in total. The third kappa shape index (κ3) is 4.94. The van der Waals surface area contributed by atoms with Crippen molar-refractivity contribution in [1.82, 2.24) is 4.90 Å². The van der Waals surface area contributed by atoms with Crippen LogP contribution in [0.2, 0.25) is 0 Å². The first-order chi connectivity index (χ1) is 6.77. The third-order valence-corrected chi connectivity index (χ3v) is 4.47. The van der Waals surface area contributed by atoms with E-state index in [9.17, 15) is 4.79 Å². The molecule has 0 aromatic rings. The highest BCUT2D eigenvalue weighted by atomic mass is 31.1. The van der Waals surface area contributed by atoms with Crippen molar-refractivity contribution in [3.05, 3.63) is 0 Å². The molecule has 0 bridgehead atoms. The normalized spacial score (nSPS) is 15.5. The summed E-state index contributed by atoms with van der Waals surface area (Å²) in [5, 5.41) is 0. The molecule has 4 heteroatoms. The maximum atomic E-state index is 12.0. The molecule has 0 aliphatic heterocycles. The largest absolute Gasteiger partial charge is 0.356 e. The molecule has 1 amide bonds. The van der Waals surface area contributed by atoms with Gasteiger partial charge < -0.3 is 9.42 Å². The summed E-state index contributed by atoms with van der Waals surface area (Å²) in [6.07, 6.45) is 0.195. The lowest BCUT2D eigenvalue weighted by molar-refractivity contribution is -0.130. The van der Waals surface area contributed by atoms with E-state index < -0.39 is 8.15 Å². The number of hydrogen-bond donors (Lipinski definition) is 0. The number of carbonyl (C=O) groups excluding carboxylic acids is 1. The van der Waals surface area contributed by atoms with Gasteiger partial charge in [-0.1, -0.05) is 0 Å². The third-order valence-electron chi connectivity index (χ3n) is 2.40. The monoisotopic (exact) mass is 233 g/mol. The molecule has 90 valence electrons. The van der Waals surface area contributed by atoms with Crippen molar-refractivity contribution in [1.29, 1.82) is 0 Å². The maximum Gasteiger partial charge on any atom is 0.231 e. The summed E-state index contributed by atoms with van der Waals surface area (Å²) < 4.78 is 5.68. The van der Waals surface area contributed by atoms with Crippen LogP contribution in [0.3, 0.4) is 0 Å². The fraction of sp³-hybridized carbons (Fsp3) is 0.909. The quantitative estimate of drug-likeness (QED) is 0.683. The molecule has 0 radical (unpaired) electrons. The summed E-state index contributed by atoms with van der Waals surface area (Å²) in [6, 6.07) is 0.252. The molecular weight excluding hydrogens is 209 g/mol. The van der Waals surface area contributed by atoms with E-state index in [-0.39, 0.29) is 23.7 Å².